The summed E-state index contributed by atoms with van der Waals surface area (Å²) in [6.45, 7) is 1.85. The largest absolute Gasteiger partial charge is 0.477 e. The minimum Gasteiger partial charge on any atom is -0.477 e. The standard InChI is InChI=1S/C17H14N6O4/c1-2-27-17(26)20-16-19-14-12(7-8-13(15(24)25)23(14)21-16)22-9-18-10-5-3-4-6-11(10)22/h3-9H,2H2,1H3,(H,24,25)(H,20,21,26). The molecule has 0 aliphatic rings. The molecule has 0 saturated heterocycles. The zero-order chi connectivity index (χ0) is 19.0. The van der Waals surface area contributed by atoms with E-state index >= 15 is 0 Å². The molecule has 0 radical (unpaired) electrons. The van der Waals surface area contributed by atoms with Gasteiger partial charge in [-0.05, 0) is 31.2 Å². The first kappa shape index (κ1) is 16.5. The number of rotatable bonds is 4. The lowest BCUT2D eigenvalue weighted by Gasteiger charge is -2.07. The maximum absolute atomic E-state index is 11.6. The summed E-state index contributed by atoms with van der Waals surface area (Å²) in [7, 11) is 0. The van der Waals surface area contributed by atoms with Crippen LogP contribution in [-0.2, 0) is 4.74 Å². The first-order chi connectivity index (χ1) is 13.1. The SMILES string of the molecule is CCOC(=O)Nc1nc2c(-n3cnc4ccccc43)ccc(C(=O)O)n2n1. The number of aromatic carboxylic acids is 1. The molecule has 1 aromatic carbocycles. The number of carbonyl (C=O) groups is 2. The van der Waals surface area contributed by atoms with Gasteiger partial charge in [0, 0.05) is 0 Å². The van der Waals surface area contributed by atoms with Crippen molar-refractivity contribution in [3.63, 3.8) is 0 Å². The van der Waals surface area contributed by atoms with Gasteiger partial charge in [0.05, 0.1) is 23.3 Å². The highest BCUT2D eigenvalue weighted by Crippen LogP contribution is 2.23. The maximum Gasteiger partial charge on any atom is 0.414 e. The van der Waals surface area contributed by atoms with Gasteiger partial charge < -0.3 is 9.84 Å². The number of nitrogens with zero attached hydrogens (tertiary/aromatic N) is 5. The van der Waals surface area contributed by atoms with Crippen LogP contribution in [0.25, 0.3) is 22.4 Å². The summed E-state index contributed by atoms with van der Waals surface area (Å²) >= 11 is 0. The molecule has 0 bridgehead atoms. The smallest absolute Gasteiger partial charge is 0.414 e. The second-order valence-corrected chi connectivity index (χ2v) is 5.53. The molecule has 3 aromatic heterocycles. The Bertz CT molecular complexity index is 1180. The van der Waals surface area contributed by atoms with Crippen LogP contribution in [0.15, 0.2) is 42.7 Å². The fourth-order valence-corrected chi connectivity index (χ4v) is 2.76. The Kier molecular flexibility index (Phi) is 3.92. The Morgan fingerprint density at radius 3 is 2.81 bits per heavy atom. The zero-order valence-electron chi connectivity index (χ0n) is 14.2. The van der Waals surface area contributed by atoms with Crippen molar-refractivity contribution in [2.45, 2.75) is 6.92 Å². The maximum atomic E-state index is 11.6. The fourth-order valence-electron chi connectivity index (χ4n) is 2.76. The first-order valence-electron chi connectivity index (χ1n) is 8.08. The van der Waals surface area contributed by atoms with Crippen molar-refractivity contribution >= 4 is 34.7 Å². The number of carbonyl (C=O) groups excluding carboxylic acids is 1. The van der Waals surface area contributed by atoms with Crippen LogP contribution < -0.4 is 5.32 Å². The van der Waals surface area contributed by atoms with E-state index in [1.54, 1.807) is 23.9 Å². The van der Waals surface area contributed by atoms with Crippen LogP contribution in [0.2, 0.25) is 0 Å². The summed E-state index contributed by atoms with van der Waals surface area (Å²) < 4.78 is 7.75. The van der Waals surface area contributed by atoms with Crippen LogP contribution in [0, 0.1) is 0 Å². The monoisotopic (exact) mass is 366 g/mol. The molecule has 0 aliphatic carbocycles. The Labute approximate surface area is 152 Å². The highest BCUT2D eigenvalue weighted by Gasteiger charge is 2.19. The van der Waals surface area contributed by atoms with Crippen LogP contribution in [0.3, 0.4) is 0 Å². The number of fused-ring (bicyclic) bond motifs is 2. The van der Waals surface area contributed by atoms with E-state index in [0.29, 0.717) is 5.69 Å². The highest BCUT2D eigenvalue weighted by atomic mass is 16.5. The summed E-state index contributed by atoms with van der Waals surface area (Å²) in [5.41, 5.74) is 2.33. The number of hydrogen-bond acceptors (Lipinski definition) is 6. The molecular formula is C17H14N6O4. The number of pyridine rings is 1. The quantitative estimate of drug-likeness (QED) is 0.568. The third-order valence-electron chi connectivity index (χ3n) is 3.89. The fraction of sp³-hybridized carbons (Fsp3) is 0.118. The van der Waals surface area contributed by atoms with Crippen molar-refractivity contribution in [2.24, 2.45) is 0 Å². The lowest BCUT2D eigenvalue weighted by Crippen LogP contribution is -2.14. The highest BCUT2D eigenvalue weighted by molar-refractivity contribution is 5.89. The summed E-state index contributed by atoms with van der Waals surface area (Å²) in [5, 5.41) is 15.9. The number of anilines is 1. The minimum absolute atomic E-state index is 0.0622. The molecule has 27 heavy (non-hydrogen) atoms. The number of benzene rings is 1. The lowest BCUT2D eigenvalue weighted by molar-refractivity contribution is 0.0687. The van der Waals surface area contributed by atoms with Crippen LogP contribution in [0.5, 0.6) is 0 Å². The van der Waals surface area contributed by atoms with E-state index < -0.39 is 12.1 Å². The molecule has 136 valence electrons. The van der Waals surface area contributed by atoms with Crippen molar-refractivity contribution in [3.8, 4) is 5.69 Å². The Morgan fingerprint density at radius 1 is 1.22 bits per heavy atom. The molecule has 4 rings (SSSR count). The third-order valence-corrected chi connectivity index (χ3v) is 3.89. The third kappa shape index (κ3) is 2.82. The Morgan fingerprint density at radius 2 is 2.04 bits per heavy atom. The molecule has 0 aliphatic heterocycles. The summed E-state index contributed by atoms with van der Waals surface area (Å²) in [4.78, 5) is 31.8. The van der Waals surface area contributed by atoms with Crippen LogP contribution in [0.1, 0.15) is 17.4 Å². The molecule has 1 amide bonds. The number of nitrogens with one attached hydrogen (secondary N) is 1. The van der Waals surface area contributed by atoms with Gasteiger partial charge >= 0.3 is 12.1 Å². The van der Waals surface area contributed by atoms with Gasteiger partial charge in [-0.15, -0.1) is 5.10 Å². The number of carboxylic acids is 1. The zero-order valence-corrected chi connectivity index (χ0v) is 14.2. The van der Waals surface area contributed by atoms with Gasteiger partial charge in [-0.2, -0.15) is 4.98 Å². The normalized spacial score (nSPS) is 11.0. The molecule has 3 heterocycles. The van der Waals surface area contributed by atoms with Gasteiger partial charge in [0.25, 0.3) is 5.95 Å². The Hall–Kier alpha value is -3.95. The minimum atomic E-state index is -1.17. The molecule has 10 nitrogen and oxygen atoms in total. The van der Waals surface area contributed by atoms with E-state index in [-0.39, 0.29) is 23.9 Å². The summed E-state index contributed by atoms with van der Waals surface area (Å²) in [6, 6.07) is 10.5. The molecule has 0 fully saturated rings. The predicted octanol–water partition coefficient (Wildman–Crippen LogP) is 2.33. The van der Waals surface area contributed by atoms with Crippen molar-refractivity contribution in [3.05, 3.63) is 48.4 Å². The molecule has 0 saturated carbocycles. The van der Waals surface area contributed by atoms with Gasteiger partial charge in [-0.25, -0.2) is 19.1 Å². The number of imidazole rings is 1. The predicted molar refractivity (Wildman–Crippen MR) is 95.2 cm³/mol. The molecular weight excluding hydrogens is 352 g/mol. The summed E-state index contributed by atoms with van der Waals surface area (Å²) in [6.07, 6.45) is 0.896. The van der Waals surface area contributed by atoms with E-state index in [2.05, 4.69) is 20.4 Å². The second-order valence-electron chi connectivity index (χ2n) is 5.53. The van der Waals surface area contributed by atoms with E-state index in [4.69, 9.17) is 4.74 Å². The van der Waals surface area contributed by atoms with Gasteiger partial charge in [0.2, 0.25) is 0 Å². The number of amides is 1. The van der Waals surface area contributed by atoms with Gasteiger partial charge in [-0.1, -0.05) is 12.1 Å². The topological polar surface area (TPSA) is 124 Å². The molecule has 2 N–H and O–H groups in total. The van der Waals surface area contributed by atoms with Gasteiger partial charge in [-0.3, -0.25) is 9.88 Å². The van der Waals surface area contributed by atoms with Crippen molar-refractivity contribution < 1.29 is 19.4 Å². The first-order valence-corrected chi connectivity index (χ1v) is 8.08. The van der Waals surface area contributed by atoms with Gasteiger partial charge in [0.15, 0.2) is 11.3 Å². The van der Waals surface area contributed by atoms with Crippen molar-refractivity contribution in [2.75, 3.05) is 11.9 Å². The van der Waals surface area contributed by atoms with E-state index in [1.807, 2.05) is 24.3 Å². The molecule has 4 aromatic rings. The molecule has 0 atom stereocenters. The van der Waals surface area contributed by atoms with E-state index in [0.717, 1.165) is 15.5 Å². The summed E-state index contributed by atoms with van der Waals surface area (Å²) in [5.74, 6) is -1.23. The van der Waals surface area contributed by atoms with E-state index in [1.165, 1.54) is 6.07 Å². The molecule has 0 unspecified atom stereocenters. The number of para-hydroxylation sites is 2. The second kappa shape index (κ2) is 6.41. The van der Waals surface area contributed by atoms with E-state index in [9.17, 15) is 14.7 Å². The number of carboxylic acid groups (broad SMARTS) is 1. The van der Waals surface area contributed by atoms with Crippen LogP contribution in [0.4, 0.5) is 10.7 Å². The van der Waals surface area contributed by atoms with Gasteiger partial charge in [0.1, 0.15) is 6.33 Å². The average Bonchev–Trinajstić information content (AvgIpc) is 3.24. The van der Waals surface area contributed by atoms with Crippen LogP contribution in [-0.4, -0.2) is 47.9 Å². The molecule has 0 spiro atoms. The van der Waals surface area contributed by atoms with Crippen molar-refractivity contribution in [1.82, 2.24) is 24.1 Å². The average molecular weight is 366 g/mol. The number of ether oxygens (including phenoxy) is 1. The number of aromatic nitrogens is 5. The molecule has 10 heteroatoms. The van der Waals surface area contributed by atoms with Crippen LogP contribution >= 0.6 is 0 Å². The number of hydrogen-bond donors (Lipinski definition) is 2. The lowest BCUT2D eigenvalue weighted by atomic mass is 10.3. The van der Waals surface area contributed by atoms with Crippen molar-refractivity contribution in [1.29, 1.82) is 0 Å². The Balaban J connectivity index is 1.91.